The number of anilines is 1. The zero-order valence-electron chi connectivity index (χ0n) is 9.32. The van der Waals surface area contributed by atoms with Crippen molar-refractivity contribution in [2.45, 2.75) is 18.9 Å². The Hall–Kier alpha value is -1.26. The molecule has 5 heteroatoms. The fourth-order valence-corrected chi connectivity index (χ4v) is 1.90. The number of hydrogen-bond acceptors (Lipinski definition) is 4. The first-order chi connectivity index (χ1) is 8.18. The maximum absolute atomic E-state index is 11.9. The molecule has 0 unspecified atom stereocenters. The molecule has 0 aliphatic carbocycles. The lowest BCUT2D eigenvalue weighted by Gasteiger charge is -2.22. The molecule has 1 fully saturated rings. The minimum absolute atomic E-state index is 0.0883. The molecule has 1 heterocycles. The van der Waals surface area contributed by atoms with Crippen LogP contribution in [0.5, 0.6) is 0 Å². The highest BCUT2D eigenvalue weighted by atomic mass is 35.5. The molecule has 0 aromatic heterocycles. The van der Waals surface area contributed by atoms with Crippen LogP contribution in [0.25, 0.3) is 0 Å². The van der Waals surface area contributed by atoms with Gasteiger partial charge in [-0.1, -0.05) is 17.7 Å². The molecule has 0 saturated carbocycles. The molecule has 0 radical (unpaired) electrons. The van der Waals surface area contributed by atoms with Gasteiger partial charge in [0.25, 0.3) is 0 Å². The second kappa shape index (κ2) is 5.38. The van der Waals surface area contributed by atoms with Gasteiger partial charge in [0.15, 0.2) is 0 Å². The standard InChI is InChI=1S/C12H14ClNO3/c13-10-3-1-2-9(11(10)14)12(15)17-8-4-6-16-7-5-8/h1-3,8H,4-7,14H2. The number of esters is 1. The predicted molar refractivity (Wildman–Crippen MR) is 65.1 cm³/mol. The number of nitrogen functional groups attached to an aromatic ring is 1. The van der Waals surface area contributed by atoms with Crippen molar-refractivity contribution in [2.75, 3.05) is 18.9 Å². The Morgan fingerprint density at radius 3 is 2.82 bits per heavy atom. The summed E-state index contributed by atoms with van der Waals surface area (Å²) >= 11 is 5.85. The van der Waals surface area contributed by atoms with Crippen molar-refractivity contribution in [3.8, 4) is 0 Å². The van der Waals surface area contributed by atoms with Crippen LogP contribution in [-0.4, -0.2) is 25.3 Å². The number of carbonyl (C=O) groups excluding carboxylic acids is 1. The second-order valence-corrected chi connectivity index (χ2v) is 4.33. The average molecular weight is 256 g/mol. The van der Waals surface area contributed by atoms with E-state index in [4.69, 9.17) is 26.8 Å². The number of rotatable bonds is 2. The van der Waals surface area contributed by atoms with Gasteiger partial charge in [-0.05, 0) is 12.1 Å². The molecule has 0 atom stereocenters. The maximum atomic E-state index is 11.9. The fraction of sp³-hybridized carbons (Fsp3) is 0.417. The Labute approximate surface area is 105 Å². The van der Waals surface area contributed by atoms with Gasteiger partial charge >= 0.3 is 5.97 Å². The van der Waals surface area contributed by atoms with E-state index in [0.29, 0.717) is 23.8 Å². The molecule has 0 spiro atoms. The maximum Gasteiger partial charge on any atom is 0.340 e. The first-order valence-corrected chi connectivity index (χ1v) is 5.89. The van der Waals surface area contributed by atoms with E-state index in [1.54, 1.807) is 18.2 Å². The summed E-state index contributed by atoms with van der Waals surface area (Å²) in [6.45, 7) is 1.26. The van der Waals surface area contributed by atoms with Crippen molar-refractivity contribution in [1.29, 1.82) is 0 Å². The van der Waals surface area contributed by atoms with Crippen molar-refractivity contribution in [1.82, 2.24) is 0 Å². The Morgan fingerprint density at radius 2 is 2.12 bits per heavy atom. The van der Waals surface area contributed by atoms with Crippen LogP contribution in [0.2, 0.25) is 5.02 Å². The number of hydrogen-bond donors (Lipinski definition) is 1. The van der Waals surface area contributed by atoms with E-state index in [1.807, 2.05) is 0 Å². The molecule has 0 bridgehead atoms. The molecule has 1 aliphatic rings. The molecule has 2 N–H and O–H groups in total. The van der Waals surface area contributed by atoms with Gasteiger partial charge < -0.3 is 15.2 Å². The number of carbonyl (C=O) groups is 1. The molecule has 4 nitrogen and oxygen atoms in total. The van der Waals surface area contributed by atoms with Crippen molar-refractivity contribution >= 4 is 23.3 Å². The third kappa shape index (κ3) is 2.90. The summed E-state index contributed by atoms with van der Waals surface area (Å²) < 4.78 is 10.5. The topological polar surface area (TPSA) is 61.6 Å². The summed E-state index contributed by atoms with van der Waals surface area (Å²) in [5.41, 5.74) is 6.32. The first-order valence-electron chi connectivity index (χ1n) is 5.51. The Bertz CT molecular complexity index is 416. The van der Waals surface area contributed by atoms with Crippen LogP contribution in [-0.2, 0) is 9.47 Å². The quantitative estimate of drug-likeness (QED) is 0.650. The van der Waals surface area contributed by atoms with E-state index in [9.17, 15) is 4.79 Å². The van der Waals surface area contributed by atoms with Crippen LogP contribution < -0.4 is 5.73 Å². The normalized spacial score (nSPS) is 16.8. The Balaban J connectivity index is 2.06. The third-order valence-corrected chi connectivity index (χ3v) is 3.04. The molecular formula is C12H14ClNO3. The first kappa shape index (κ1) is 12.2. The zero-order valence-corrected chi connectivity index (χ0v) is 10.1. The molecule has 92 valence electrons. The van der Waals surface area contributed by atoms with Gasteiger partial charge in [0.05, 0.1) is 29.5 Å². The van der Waals surface area contributed by atoms with E-state index >= 15 is 0 Å². The van der Waals surface area contributed by atoms with Crippen LogP contribution in [0, 0.1) is 0 Å². The molecule has 1 saturated heterocycles. The van der Waals surface area contributed by atoms with Gasteiger partial charge in [0.1, 0.15) is 6.10 Å². The van der Waals surface area contributed by atoms with E-state index in [1.165, 1.54) is 0 Å². The van der Waals surface area contributed by atoms with Crippen LogP contribution in [0.4, 0.5) is 5.69 Å². The van der Waals surface area contributed by atoms with Crippen molar-refractivity contribution in [2.24, 2.45) is 0 Å². The highest BCUT2D eigenvalue weighted by Crippen LogP contribution is 2.24. The van der Waals surface area contributed by atoms with Crippen molar-refractivity contribution < 1.29 is 14.3 Å². The summed E-state index contributed by atoms with van der Waals surface area (Å²) in [6.07, 6.45) is 1.37. The summed E-state index contributed by atoms with van der Waals surface area (Å²) in [5.74, 6) is -0.420. The van der Waals surface area contributed by atoms with Crippen molar-refractivity contribution in [3.63, 3.8) is 0 Å². The average Bonchev–Trinajstić information content (AvgIpc) is 2.34. The van der Waals surface area contributed by atoms with Crippen LogP contribution in [0.3, 0.4) is 0 Å². The lowest BCUT2D eigenvalue weighted by molar-refractivity contribution is -0.0158. The number of ether oxygens (including phenoxy) is 2. The molecule has 1 aliphatic heterocycles. The van der Waals surface area contributed by atoms with Gasteiger partial charge in [-0.25, -0.2) is 4.79 Å². The van der Waals surface area contributed by atoms with E-state index in [2.05, 4.69) is 0 Å². The van der Waals surface area contributed by atoms with Crippen molar-refractivity contribution in [3.05, 3.63) is 28.8 Å². The number of para-hydroxylation sites is 1. The molecule has 17 heavy (non-hydrogen) atoms. The largest absolute Gasteiger partial charge is 0.459 e. The van der Waals surface area contributed by atoms with Gasteiger partial charge in [0, 0.05) is 12.8 Å². The van der Waals surface area contributed by atoms with E-state index < -0.39 is 5.97 Å². The highest BCUT2D eigenvalue weighted by Gasteiger charge is 2.20. The predicted octanol–water partition coefficient (Wildman–Crippen LogP) is 2.26. The van der Waals surface area contributed by atoms with E-state index in [0.717, 1.165) is 12.8 Å². The number of halogens is 1. The molecular weight excluding hydrogens is 242 g/mol. The van der Waals surface area contributed by atoms with Crippen LogP contribution in [0.1, 0.15) is 23.2 Å². The minimum Gasteiger partial charge on any atom is -0.459 e. The van der Waals surface area contributed by atoms with Gasteiger partial charge in [-0.3, -0.25) is 0 Å². The second-order valence-electron chi connectivity index (χ2n) is 3.92. The third-order valence-electron chi connectivity index (χ3n) is 2.71. The summed E-state index contributed by atoms with van der Waals surface area (Å²) in [6, 6.07) is 4.93. The fourth-order valence-electron chi connectivity index (χ4n) is 1.72. The molecule has 0 amide bonds. The lowest BCUT2D eigenvalue weighted by Crippen LogP contribution is -2.26. The Kier molecular flexibility index (Phi) is 3.86. The van der Waals surface area contributed by atoms with Gasteiger partial charge in [0.2, 0.25) is 0 Å². The lowest BCUT2D eigenvalue weighted by atomic mass is 10.1. The monoisotopic (exact) mass is 255 g/mol. The number of nitrogens with two attached hydrogens (primary N) is 1. The number of benzene rings is 1. The zero-order chi connectivity index (χ0) is 12.3. The Morgan fingerprint density at radius 1 is 1.41 bits per heavy atom. The SMILES string of the molecule is Nc1c(Cl)cccc1C(=O)OC1CCOCC1. The summed E-state index contributed by atoms with van der Waals surface area (Å²) in [4.78, 5) is 11.9. The van der Waals surface area contributed by atoms with Crippen LogP contribution >= 0.6 is 11.6 Å². The minimum atomic E-state index is -0.420. The molecule has 2 rings (SSSR count). The summed E-state index contributed by atoms with van der Waals surface area (Å²) in [7, 11) is 0. The van der Waals surface area contributed by atoms with Crippen LogP contribution in [0.15, 0.2) is 18.2 Å². The molecule has 1 aromatic carbocycles. The summed E-state index contributed by atoms with van der Waals surface area (Å²) in [5, 5.41) is 0.367. The molecule has 1 aromatic rings. The smallest absolute Gasteiger partial charge is 0.340 e. The highest BCUT2D eigenvalue weighted by molar-refractivity contribution is 6.33. The van der Waals surface area contributed by atoms with Gasteiger partial charge in [-0.15, -0.1) is 0 Å². The van der Waals surface area contributed by atoms with E-state index in [-0.39, 0.29) is 11.8 Å². The van der Waals surface area contributed by atoms with Gasteiger partial charge in [-0.2, -0.15) is 0 Å².